The number of aryl methyl sites for hydroxylation is 1. The van der Waals surface area contributed by atoms with E-state index in [1.165, 1.54) is 0 Å². The topological polar surface area (TPSA) is 35.2 Å². The standard InChI is InChI=1S/C13H13BrClNOS/c1-7-5-11(17-2)8(6-9(7)14)12(16)13-10(15)3-4-18-13/h3-6,12H,16H2,1-2H3. The van der Waals surface area contributed by atoms with Gasteiger partial charge in [-0.15, -0.1) is 11.3 Å². The Morgan fingerprint density at radius 1 is 1.44 bits per heavy atom. The Labute approximate surface area is 124 Å². The molecule has 2 rings (SSSR count). The molecule has 2 N–H and O–H groups in total. The van der Waals surface area contributed by atoms with Crippen LogP contribution in [0.5, 0.6) is 5.75 Å². The van der Waals surface area contributed by atoms with Gasteiger partial charge in [0.25, 0.3) is 0 Å². The van der Waals surface area contributed by atoms with Gasteiger partial charge in [-0.3, -0.25) is 0 Å². The Kier molecular flexibility index (Phi) is 4.33. The number of methoxy groups -OCH3 is 1. The number of halogens is 2. The van der Waals surface area contributed by atoms with Crippen molar-refractivity contribution in [1.29, 1.82) is 0 Å². The van der Waals surface area contributed by atoms with Crippen LogP contribution >= 0.6 is 38.9 Å². The monoisotopic (exact) mass is 345 g/mol. The number of hydrogen-bond acceptors (Lipinski definition) is 3. The molecule has 18 heavy (non-hydrogen) atoms. The maximum Gasteiger partial charge on any atom is 0.124 e. The predicted octanol–water partition coefficient (Wildman–Crippen LogP) is 4.53. The van der Waals surface area contributed by atoms with Crippen LogP contribution in [0.1, 0.15) is 22.0 Å². The van der Waals surface area contributed by atoms with E-state index in [-0.39, 0.29) is 6.04 Å². The minimum Gasteiger partial charge on any atom is -0.496 e. The minimum absolute atomic E-state index is 0.274. The third kappa shape index (κ3) is 2.57. The molecule has 0 aliphatic heterocycles. The number of rotatable bonds is 3. The first-order valence-electron chi connectivity index (χ1n) is 5.37. The molecule has 0 saturated heterocycles. The Bertz CT molecular complexity index is 570. The molecule has 2 aromatic rings. The molecular formula is C13H13BrClNOS. The highest BCUT2D eigenvalue weighted by atomic mass is 79.9. The van der Waals surface area contributed by atoms with Crippen molar-refractivity contribution < 1.29 is 4.74 Å². The third-order valence-electron chi connectivity index (χ3n) is 2.77. The maximum atomic E-state index is 6.28. The van der Waals surface area contributed by atoms with Crippen LogP contribution in [0.15, 0.2) is 28.1 Å². The summed E-state index contributed by atoms with van der Waals surface area (Å²) in [5.74, 6) is 0.785. The first kappa shape index (κ1) is 13.9. The van der Waals surface area contributed by atoms with Crippen molar-refractivity contribution in [3.05, 3.63) is 49.1 Å². The summed E-state index contributed by atoms with van der Waals surface area (Å²) in [4.78, 5) is 0.950. The van der Waals surface area contributed by atoms with Gasteiger partial charge in [0.1, 0.15) is 5.75 Å². The maximum absolute atomic E-state index is 6.28. The summed E-state index contributed by atoms with van der Waals surface area (Å²) in [7, 11) is 1.65. The van der Waals surface area contributed by atoms with Gasteiger partial charge >= 0.3 is 0 Å². The van der Waals surface area contributed by atoms with Gasteiger partial charge < -0.3 is 10.5 Å². The van der Waals surface area contributed by atoms with Crippen molar-refractivity contribution in [2.75, 3.05) is 7.11 Å². The van der Waals surface area contributed by atoms with Crippen LogP contribution in [0.25, 0.3) is 0 Å². The zero-order chi connectivity index (χ0) is 13.3. The predicted molar refractivity (Wildman–Crippen MR) is 80.8 cm³/mol. The highest BCUT2D eigenvalue weighted by Crippen LogP contribution is 2.37. The van der Waals surface area contributed by atoms with Gasteiger partial charge in [-0.05, 0) is 36.1 Å². The second-order valence-electron chi connectivity index (χ2n) is 3.95. The zero-order valence-electron chi connectivity index (χ0n) is 10.0. The normalized spacial score (nSPS) is 12.5. The van der Waals surface area contributed by atoms with E-state index < -0.39 is 0 Å². The van der Waals surface area contributed by atoms with Crippen LogP contribution in [0, 0.1) is 6.92 Å². The first-order chi connectivity index (χ1) is 8.54. The molecule has 1 aromatic carbocycles. The molecule has 0 aliphatic carbocycles. The summed E-state index contributed by atoms with van der Waals surface area (Å²) in [5.41, 5.74) is 8.32. The van der Waals surface area contributed by atoms with Crippen molar-refractivity contribution >= 4 is 38.9 Å². The second-order valence-corrected chi connectivity index (χ2v) is 6.16. The van der Waals surface area contributed by atoms with Crippen molar-refractivity contribution in [2.45, 2.75) is 13.0 Å². The Morgan fingerprint density at radius 3 is 2.72 bits per heavy atom. The third-order valence-corrected chi connectivity index (χ3v) is 5.07. The number of benzene rings is 1. The largest absolute Gasteiger partial charge is 0.496 e. The average Bonchev–Trinajstić information content (AvgIpc) is 2.77. The van der Waals surface area contributed by atoms with E-state index in [0.717, 1.165) is 26.2 Å². The van der Waals surface area contributed by atoms with Crippen LogP contribution in [-0.2, 0) is 0 Å². The van der Waals surface area contributed by atoms with E-state index in [1.807, 2.05) is 30.5 Å². The molecule has 0 radical (unpaired) electrons. The van der Waals surface area contributed by atoms with Crippen LogP contribution in [-0.4, -0.2) is 7.11 Å². The van der Waals surface area contributed by atoms with Gasteiger partial charge in [0.05, 0.1) is 18.2 Å². The summed E-state index contributed by atoms with van der Waals surface area (Å²) < 4.78 is 6.42. The zero-order valence-corrected chi connectivity index (χ0v) is 13.2. The molecule has 0 fully saturated rings. The lowest BCUT2D eigenvalue weighted by atomic mass is 10.0. The Hall–Kier alpha value is -0.550. The summed E-state index contributed by atoms with van der Waals surface area (Å²) in [6.45, 7) is 2.01. The molecule has 0 spiro atoms. The van der Waals surface area contributed by atoms with Crippen LogP contribution in [0.4, 0.5) is 0 Å². The highest BCUT2D eigenvalue weighted by Gasteiger charge is 2.19. The molecule has 1 aromatic heterocycles. The average molecular weight is 347 g/mol. The van der Waals surface area contributed by atoms with E-state index in [1.54, 1.807) is 18.4 Å². The van der Waals surface area contributed by atoms with Gasteiger partial charge in [-0.2, -0.15) is 0 Å². The second kappa shape index (κ2) is 5.61. The molecule has 0 amide bonds. The fourth-order valence-electron chi connectivity index (χ4n) is 1.76. The molecule has 2 nitrogen and oxygen atoms in total. The summed E-state index contributed by atoms with van der Waals surface area (Å²) >= 11 is 11.2. The fourth-order valence-corrected chi connectivity index (χ4v) is 3.31. The van der Waals surface area contributed by atoms with E-state index >= 15 is 0 Å². The van der Waals surface area contributed by atoms with Crippen molar-refractivity contribution in [3.63, 3.8) is 0 Å². The van der Waals surface area contributed by atoms with Crippen LogP contribution in [0.3, 0.4) is 0 Å². The molecule has 1 unspecified atom stereocenters. The van der Waals surface area contributed by atoms with E-state index in [4.69, 9.17) is 22.1 Å². The number of nitrogens with two attached hydrogens (primary N) is 1. The lowest BCUT2D eigenvalue weighted by Gasteiger charge is -2.16. The van der Waals surface area contributed by atoms with E-state index in [2.05, 4.69) is 15.9 Å². The Morgan fingerprint density at radius 2 is 2.17 bits per heavy atom. The molecule has 0 saturated carbocycles. The van der Waals surface area contributed by atoms with Crippen LogP contribution < -0.4 is 10.5 Å². The number of hydrogen-bond donors (Lipinski definition) is 1. The molecule has 0 aliphatic rings. The lowest BCUT2D eigenvalue weighted by molar-refractivity contribution is 0.407. The molecule has 0 bridgehead atoms. The number of ether oxygens (including phenoxy) is 1. The number of thiophene rings is 1. The summed E-state index contributed by atoms with van der Waals surface area (Å²) in [5, 5.41) is 2.64. The van der Waals surface area contributed by atoms with Gasteiger partial charge in [0.15, 0.2) is 0 Å². The SMILES string of the molecule is COc1cc(C)c(Br)cc1C(N)c1sccc1Cl. The minimum atomic E-state index is -0.274. The van der Waals surface area contributed by atoms with Gasteiger partial charge in [0.2, 0.25) is 0 Å². The Balaban J connectivity index is 2.50. The van der Waals surface area contributed by atoms with Crippen molar-refractivity contribution in [2.24, 2.45) is 5.73 Å². The van der Waals surface area contributed by atoms with E-state index in [9.17, 15) is 0 Å². The van der Waals surface area contributed by atoms with Gasteiger partial charge in [-0.25, -0.2) is 0 Å². The summed E-state index contributed by atoms with van der Waals surface area (Å²) in [6.07, 6.45) is 0. The molecular weight excluding hydrogens is 334 g/mol. The van der Waals surface area contributed by atoms with Crippen molar-refractivity contribution in [3.8, 4) is 5.75 Å². The first-order valence-corrected chi connectivity index (χ1v) is 7.42. The molecule has 96 valence electrons. The van der Waals surface area contributed by atoms with Crippen LogP contribution in [0.2, 0.25) is 5.02 Å². The van der Waals surface area contributed by atoms with Gasteiger partial charge in [-0.1, -0.05) is 27.5 Å². The van der Waals surface area contributed by atoms with Crippen molar-refractivity contribution in [1.82, 2.24) is 0 Å². The molecule has 1 heterocycles. The van der Waals surface area contributed by atoms with E-state index in [0.29, 0.717) is 5.02 Å². The summed E-state index contributed by atoms with van der Waals surface area (Å²) in [6, 6.07) is 5.55. The quantitative estimate of drug-likeness (QED) is 0.886. The lowest BCUT2D eigenvalue weighted by Crippen LogP contribution is -2.12. The van der Waals surface area contributed by atoms with Gasteiger partial charge in [0, 0.05) is 14.9 Å². The molecule has 5 heteroatoms. The smallest absolute Gasteiger partial charge is 0.124 e. The highest BCUT2D eigenvalue weighted by molar-refractivity contribution is 9.10. The fraction of sp³-hybridized carbons (Fsp3) is 0.231. The molecule has 1 atom stereocenters.